The Hall–Kier alpha value is -0.710. The number of benzene rings is 1. The predicted molar refractivity (Wildman–Crippen MR) is 64.4 cm³/mol. The van der Waals surface area contributed by atoms with Crippen LogP contribution in [0.2, 0.25) is 0 Å². The minimum atomic E-state index is -0.402. The van der Waals surface area contributed by atoms with Crippen molar-refractivity contribution in [3.8, 4) is 0 Å². The monoisotopic (exact) mass is 285 g/mol. The maximum Gasteiger partial charge on any atom is 0.128 e. The van der Waals surface area contributed by atoms with Crippen molar-refractivity contribution in [3.63, 3.8) is 0 Å². The Morgan fingerprint density at radius 1 is 1.27 bits per heavy atom. The molecule has 1 aromatic heterocycles. The Kier molecular flexibility index (Phi) is 3.19. The van der Waals surface area contributed by atoms with Crippen molar-refractivity contribution in [1.82, 2.24) is 0 Å². The van der Waals surface area contributed by atoms with Crippen LogP contribution >= 0.6 is 27.3 Å². The van der Waals surface area contributed by atoms with Crippen molar-refractivity contribution in [2.24, 2.45) is 5.73 Å². The SMILES string of the molecule is NC(c1ccccc1F)c1sccc1Br. The number of nitrogens with two attached hydrogens (primary N) is 1. The molecule has 1 unspecified atom stereocenters. The van der Waals surface area contributed by atoms with E-state index in [2.05, 4.69) is 15.9 Å². The number of hydrogen-bond donors (Lipinski definition) is 1. The minimum Gasteiger partial charge on any atom is -0.319 e. The molecular weight excluding hydrogens is 277 g/mol. The Morgan fingerprint density at radius 3 is 2.60 bits per heavy atom. The van der Waals surface area contributed by atoms with Gasteiger partial charge in [-0.15, -0.1) is 11.3 Å². The van der Waals surface area contributed by atoms with Gasteiger partial charge in [-0.2, -0.15) is 0 Å². The summed E-state index contributed by atoms with van der Waals surface area (Å²) in [6.45, 7) is 0. The minimum absolute atomic E-state index is 0.259. The Morgan fingerprint density at radius 2 is 2.00 bits per heavy atom. The standard InChI is InChI=1S/C11H9BrFNS/c12-8-5-6-15-11(8)10(14)7-3-1-2-4-9(7)13/h1-6,10H,14H2. The molecular formula is C11H9BrFNS. The Balaban J connectivity index is 2.41. The first kappa shape index (κ1) is 10.8. The molecule has 1 heterocycles. The molecule has 2 rings (SSSR count). The lowest BCUT2D eigenvalue weighted by molar-refractivity contribution is 0.601. The highest BCUT2D eigenvalue weighted by Gasteiger charge is 2.16. The summed E-state index contributed by atoms with van der Waals surface area (Å²) >= 11 is 4.92. The average molecular weight is 286 g/mol. The van der Waals surface area contributed by atoms with Crippen molar-refractivity contribution in [3.05, 3.63) is 56.4 Å². The van der Waals surface area contributed by atoms with Crippen LogP contribution in [0.5, 0.6) is 0 Å². The Labute approximate surface area is 99.9 Å². The van der Waals surface area contributed by atoms with E-state index < -0.39 is 6.04 Å². The molecule has 0 saturated heterocycles. The smallest absolute Gasteiger partial charge is 0.128 e. The molecule has 0 aliphatic carbocycles. The Bertz CT molecular complexity index is 469. The second-order valence-electron chi connectivity index (χ2n) is 3.13. The van der Waals surface area contributed by atoms with E-state index in [-0.39, 0.29) is 5.82 Å². The molecule has 0 radical (unpaired) electrons. The molecule has 0 amide bonds. The van der Waals surface area contributed by atoms with Gasteiger partial charge in [-0.25, -0.2) is 4.39 Å². The van der Waals surface area contributed by atoms with Crippen molar-refractivity contribution < 1.29 is 4.39 Å². The summed E-state index contributed by atoms with van der Waals surface area (Å²) in [4.78, 5) is 0.945. The zero-order chi connectivity index (χ0) is 10.8. The second kappa shape index (κ2) is 4.43. The topological polar surface area (TPSA) is 26.0 Å². The van der Waals surface area contributed by atoms with Crippen LogP contribution in [-0.2, 0) is 0 Å². The molecule has 0 aliphatic heterocycles. The van der Waals surface area contributed by atoms with Crippen LogP contribution < -0.4 is 5.73 Å². The van der Waals surface area contributed by atoms with E-state index in [0.29, 0.717) is 5.56 Å². The van der Waals surface area contributed by atoms with Gasteiger partial charge in [-0.3, -0.25) is 0 Å². The number of halogens is 2. The molecule has 2 aromatic rings. The van der Waals surface area contributed by atoms with E-state index >= 15 is 0 Å². The van der Waals surface area contributed by atoms with Crippen LogP contribution in [0.25, 0.3) is 0 Å². The van der Waals surface area contributed by atoms with Gasteiger partial charge in [0, 0.05) is 14.9 Å². The van der Waals surface area contributed by atoms with Gasteiger partial charge in [0.2, 0.25) is 0 Å². The highest BCUT2D eigenvalue weighted by molar-refractivity contribution is 9.10. The van der Waals surface area contributed by atoms with Gasteiger partial charge in [0.15, 0.2) is 0 Å². The highest BCUT2D eigenvalue weighted by atomic mass is 79.9. The molecule has 15 heavy (non-hydrogen) atoms. The van der Waals surface area contributed by atoms with Crippen LogP contribution in [0.15, 0.2) is 40.2 Å². The molecule has 4 heteroatoms. The summed E-state index contributed by atoms with van der Waals surface area (Å²) < 4.78 is 14.4. The molecule has 1 atom stereocenters. The molecule has 0 spiro atoms. The number of hydrogen-bond acceptors (Lipinski definition) is 2. The summed E-state index contributed by atoms with van der Waals surface area (Å²) in [5, 5.41) is 1.93. The van der Waals surface area contributed by atoms with Crippen molar-refractivity contribution in [1.29, 1.82) is 0 Å². The summed E-state index contributed by atoms with van der Waals surface area (Å²) in [5.74, 6) is -0.259. The van der Waals surface area contributed by atoms with Gasteiger partial charge in [-0.1, -0.05) is 18.2 Å². The summed E-state index contributed by atoms with van der Waals surface area (Å²) in [6.07, 6.45) is 0. The fourth-order valence-corrected chi connectivity index (χ4v) is 3.03. The predicted octanol–water partition coefficient (Wildman–Crippen LogP) is 3.70. The van der Waals surface area contributed by atoms with Crippen molar-refractivity contribution >= 4 is 27.3 Å². The molecule has 0 fully saturated rings. The molecule has 1 nitrogen and oxygen atoms in total. The third kappa shape index (κ3) is 2.12. The van der Waals surface area contributed by atoms with Gasteiger partial charge in [0.05, 0.1) is 6.04 Å². The van der Waals surface area contributed by atoms with Gasteiger partial charge < -0.3 is 5.73 Å². The number of thiophene rings is 1. The van der Waals surface area contributed by atoms with Crippen molar-refractivity contribution in [2.45, 2.75) is 6.04 Å². The van der Waals surface area contributed by atoms with Crippen LogP contribution in [-0.4, -0.2) is 0 Å². The highest BCUT2D eigenvalue weighted by Crippen LogP contribution is 2.32. The van der Waals surface area contributed by atoms with Crippen LogP contribution in [0, 0.1) is 5.82 Å². The maximum absolute atomic E-state index is 13.5. The van der Waals surface area contributed by atoms with E-state index in [4.69, 9.17) is 5.73 Å². The summed E-state index contributed by atoms with van der Waals surface area (Å²) in [5.41, 5.74) is 6.53. The van der Waals surface area contributed by atoms with E-state index in [0.717, 1.165) is 9.35 Å². The quantitative estimate of drug-likeness (QED) is 0.895. The van der Waals surface area contributed by atoms with E-state index in [1.54, 1.807) is 18.2 Å². The fraction of sp³-hybridized carbons (Fsp3) is 0.0909. The van der Waals surface area contributed by atoms with Gasteiger partial charge in [-0.05, 0) is 33.4 Å². The molecule has 0 aliphatic rings. The van der Waals surface area contributed by atoms with Crippen LogP contribution in [0.1, 0.15) is 16.5 Å². The van der Waals surface area contributed by atoms with Gasteiger partial charge in [0.1, 0.15) is 5.82 Å². The van der Waals surface area contributed by atoms with Gasteiger partial charge >= 0.3 is 0 Å². The average Bonchev–Trinajstić information content (AvgIpc) is 2.64. The number of rotatable bonds is 2. The lowest BCUT2D eigenvalue weighted by atomic mass is 10.1. The summed E-state index contributed by atoms with van der Waals surface area (Å²) in [6, 6.07) is 8.11. The van der Waals surface area contributed by atoms with Crippen LogP contribution in [0.4, 0.5) is 4.39 Å². The third-order valence-corrected chi connectivity index (χ3v) is 4.12. The first-order chi connectivity index (χ1) is 7.20. The molecule has 0 bridgehead atoms. The third-order valence-electron chi connectivity index (χ3n) is 2.17. The second-order valence-corrected chi connectivity index (χ2v) is 4.93. The molecule has 1 aromatic carbocycles. The lowest BCUT2D eigenvalue weighted by Crippen LogP contribution is -2.12. The van der Waals surface area contributed by atoms with Crippen LogP contribution in [0.3, 0.4) is 0 Å². The first-order valence-corrected chi connectivity index (χ1v) is 6.10. The summed E-state index contributed by atoms with van der Waals surface area (Å²) in [7, 11) is 0. The normalized spacial score (nSPS) is 12.7. The van der Waals surface area contributed by atoms with Gasteiger partial charge in [0.25, 0.3) is 0 Å². The molecule has 78 valence electrons. The molecule has 2 N–H and O–H groups in total. The lowest BCUT2D eigenvalue weighted by Gasteiger charge is -2.11. The zero-order valence-electron chi connectivity index (χ0n) is 7.78. The largest absolute Gasteiger partial charge is 0.319 e. The van der Waals surface area contributed by atoms with E-state index in [1.807, 2.05) is 11.4 Å². The van der Waals surface area contributed by atoms with Crippen molar-refractivity contribution in [2.75, 3.05) is 0 Å². The maximum atomic E-state index is 13.5. The first-order valence-electron chi connectivity index (χ1n) is 4.43. The van der Waals surface area contributed by atoms with E-state index in [1.165, 1.54) is 17.4 Å². The van der Waals surface area contributed by atoms with E-state index in [9.17, 15) is 4.39 Å². The zero-order valence-corrected chi connectivity index (χ0v) is 10.2. The fourth-order valence-electron chi connectivity index (χ4n) is 1.40. The molecule has 0 saturated carbocycles.